The van der Waals surface area contributed by atoms with Gasteiger partial charge in [-0.3, -0.25) is 4.79 Å². The third-order valence-electron chi connectivity index (χ3n) is 5.33. The van der Waals surface area contributed by atoms with Crippen LogP contribution in [-0.4, -0.2) is 33.4 Å². The number of hydrogen-bond acceptors (Lipinski definition) is 4. The monoisotopic (exact) mass is 376 g/mol. The van der Waals surface area contributed by atoms with E-state index in [9.17, 15) is 4.79 Å². The van der Waals surface area contributed by atoms with Crippen LogP contribution in [0.1, 0.15) is 46.0 Å². The highest BCUT2D eigenvalue weighted by atomic mass is 28.4. The molecule has 4 nitrogen and oxygen atoms in total. The van der Waals surface area contributed by atoms with Crippen molar-refractivity contribution in [3.63, 3.8) is 0 Å². The van der Waals surface area contributed by atoms with Crippen molar-refractivity contribution in [1.29, 1.82) is 0 Å². The fourth-order valence-electron chi connectivity index (χ4n) is 2.46. The lowest BCUT2D eigenvalue weighted by Gasteiger charge is -2.35. The second kappa shape index (κ2) is 8.61. The molecule has 26 heavy (non-hydrogen) atoms. The molecule has 2 atom stereocenters. The maximum Gasteiger partial charge on any atom is 0.192 e. The van der Waals surface area contributed by atoms with Gasteiger partial charge in [0.2, 0.25) is 0 Å². The van der Waals surface area contributed by atoms with Crippen LogP contribution in [0, 0.1) is 0 Å². The molecule has 0 bridgehead atoms. The van der Waals surface area contributed by atoms with E-state index in [2.05, 4.69) is 33.9 Å². The van der Waals surface area contributed by atoms with Crippen molar-refractivity contribution in [2.45, 2.75) is 64.6 Å². The first-order valence-corrected chi connectivity index (χ1v) is 12.2. The summed E-state index contributed by atoms with van der Waals surface area (Å²) in [7, 11) is -1.81. The van der Waals surface area contributed by atoms with Crippen LogP contribution in [0.2, 0.25) is 18.1 Å². The van der Waals surface area contributed by atoms with Crippen LogP contribution in [0.5, 0.6) is 0 Å². The van der Waals surface area contributed by atoms with Gasteiger partial charge in [0.25, 0.3) is 0 Å². The van der Waals surface area contributed by atoms with Crippen LogP contribution in [-0.2, 0) is 18.7 Å². The number of ketones is 1. The van der Waals surface area contributed by atoms with E-state index in [1.54, 1.807) is 0 Å². The SMILES string of the molecule is C/C(=C\CO[Si](C)(C)C(C)(C)C)C(=O)[C@@H]1CCO[C@H](c2ccccc2)O1. The largest absolute Gasteiger partial charge is 0.413 e. The summed E-state index contributed by atoms with van der Waals surface area (Å²) in [6.45, 7) is 13.9. The maximum absolute atomic E-state index is 12.7. The highest BCUT2D eigenvalue weighted by Crippen LogP contribution is 2.36. The summed E-state index contributed by atoms with van der Waals surface area (Å²) in [5.74, 6) is 0.0214. The van der Waals surface area contributed by atoms with E-state index in [1.165, 1.54) is 0 Å². The van der Waals surface area contributed by atoms with E-state index < -0.39 is 20.7 Å². The van der Waals surface area contributed by atoms with Crippen molar-refractivity contribution in [3.05, 3.63) is 47.5 Å². The van der Waals surface area contributed by atoms with Crippen LogP contribution in [0.15, 0.2) is 42.0 Å². The van der Waals surface area contributed by atoms with Crippen LogP contribution >= 0.6 is 0 Å². The molecular weight excluding hydrogens is 344 g/mol. The zero-order valence-corrected chi connectivity index (χ0v) is 17.9. The average Bonchev–Trinajstić information content (AvgIpc) is 2.60. The van der Waals surface area contributed by atoms with Crippen molar-refractivity contribution in [2.24, 2.45) is 0 Å². The molecule has 0 N–H and O–H groups in total. The molecule has 1 aliphatic heterocycles. The predicted molar refractivity (Wildman–Crippen MR) is 107 cm³/mol. The Kier molecular flexibility index (Phi) is 6.97. The molecule has 0 radical (unpaired) electrons. The summed E-state index contributed by atoms with van der Waals surface area (Å²) < 4.78 is 17.7. The molecule has 0 amide bonds. The number of Topliss-reactive ketones (excluding diaryl/α,β-unsaturated/α-hetero) is 1. The van der Waals surface area contributed by atoms with Gasteiger partial charge in [0, 0.05) is 12.0 Å². The van der Waals surface area contributed by atoms with Gasteiger partial charge in [-0.15, -0.1) is 0 Å². The summed E-state index contributed by atoms with van der Waals surface area (Å²) in [5.41, 5.74) is 1.63. The number of carbonyl (C=O) groups excluding carboxylic acids is 1. The van der Waals surface area contributed by atoms with Crippen molar-refractivity contribution < 1.29 is 18.7 Å². The summed E-state index contributed by atoms with van der Waals surface area (Å²) >= 11 is 0. The number of rotatable bonds is 6. The number of carbonyl (C=O) groups is 1. The van der Waals surface area contributed by atoms with Crippen LogP contribution in [0.25, 0.3) is 0 Å². The fraction of sp³-hybridized carbons (Fsp3) is 0.571. The molecule has 1 aliphatic rings. The Morgan fingerprint density at radius 1 is 1.27 bits per heavy atom. The molecule has 0 saturated carbocycles. The van der Waals surface area contributed by atoms with E-state index in [4.69, 9.17) is 13.9 Å². The molecule has 1 aromatic carbocycles. The number of hydrogen-bond donors (Lipinski definition) is 0. The lowest BCUT2D eigenvalue weighted by molar-refractivity contribution is -0.214. The van der Waals surface area contributed by atoms with Crippen molar-refractivity contribution in [1.82, 2.24) is 0 Å². The maximum atomic E-state index is 12.7. The zero-order chi connectivity index (χ0) is 19.4. The highest BCUT2D eigenvalue weighted by molar-refractivity contribution is 6.74. The molecule has 0 spiro atoms. The third-order valence-corrected chi connectivity index (χ3v) is 9.83. The molecule has 0 aromatic heterocycles. The van der Waals surface area contributed by atoms with E-state index in [1.807, 2.05) is 43.3 Å². The first-order valence-electron chi connectivity index (χ1n) is 9.29. The molecule has 1 saturated heterocycles. The molecule has 5 heteroatoms. The summed E-state index contributed by atoms with van der Waals surface area (Å²) in [6.07, 6.45) is 1.53. The van der Waals surface area contributed by atoms with Gasteiger partial charge in [0.15, 0.2) is 20.4 Å². The third kappa shape index (κ3) is 5.36. The molecule has 144 valence electrons. The Hall–Kier alpha value is -1.27. The average molecular weight is 377 g/mol. The summed E-state index contributed by atoms with van der Waals surface area (Å²) in [5, 5.41) is 0.158. The van der Waals surface area contributed by atoms with Gasteiger partial charge < -0.3 is 13.9 Å². The predicted octanol–water partition coefficient (Wildman–Crippen LogP) is 5.03. The lowest BCUT2D eigenvalue weighted by atomic mass is 10.0. The summed E-state index contributed by atoms with van der Waals surface area (Å²) in [6, 6.07) is 9.73. The van der Waals surface area contributed by atoms with Gasteiger partial charge in [-0.05, 0) is 30.6 Å². The standard InChI is InChI=1S/C21H32O4Si/c1-16(12-15-24-26(5,6)21(2,3)4)19(22)18-13-14-23-20(25-18)17-10-8-7-9-11-17/h7-12,18,20H,13-15H2,1-6H3/b16-12+/t18-,20-/m0/s1. The van der Waals surface area contributed by atoms with Crippen LogP contribution in [0.4, 0.5) is 0 Å². The van der Waals surface area contributed by atoms with Gasteiger partial charge in [-0.1, -0.05) is 57.2 Å². The topological polar surface area (TPSA) is 44.8 Å². The van der Waals surface area contributed by atoms with Crippen molar-refractivity contribution in [2.75, 3.05) is 13.2 Å². The normalized spacial score (nSPS) is 22.3. The molecule has 2 rings (SSSR count). The second-order valence-electron chi connectivity index (χ2n) is 8.35. The summed E-state index contributed by atoms with van der Waals surface area (Å²) in [4.78, 5) is 12.7. The van der Waals surface area contributed by atoms with Crippen LogP contribution < -0.4 is 0 Å². The quantitative estimate of drug-likeness (QED) is 0.516. The van der Waals surface area contributed by atoms with E-state index in [0.29, 0.717) is 25.2 Å². The Morgan fingerprint density at radius 3 is 2.54 bits per heavy atom. The zero-order valence-electron chi connectivity index (χ0n) is 16.9. The van der Waals surface area contributed by atoms with E-state index >= 15 is 0 Å². The van der Waals surface area contributed by atoms with Gasteiger partial charge in [0.05, 0.1) is 13.2 Å². The molecule has 1 aromatic rings. The van der Waals surface area contributed by atoms with E-state index in [-0.39, 0.29) is 10.8 Å². The van der Waals surface area contributed by atoms with Gasteiger partial charge >= 0.3 is 0 Å². The van der Waals surface area contributed by atoms with Gasteiger partial charge in [-0.2, -0.15) is 0 Å². The Balaban J connectivity index is 1.95. The minimum Gasteiger partial charge on any atom is -0.413 e. The van der Waals surface area contributed by atoms with Crippen molar-refractivity contribution >= 4 is 14.1 Å². The first-order chi connectivity index (χ1) is 12.1. The first kappa shape index (κ1) is 21.0. The molecule has 1 fully saturated rings. The Bertz CT molecular complexity index is 631. The van der Waals surface area contributed by atoms with E-state index in [0.717, 1.165) is 5.56 Å². The minimum absolute atomic E-state index is 0.0214. The van der Waals surface area contributed by atoms with Crippen molar-refractivity contribution in [3.8, 4) is 0 Å². The number of benzene rings is 1. The fourth-order valence-corrected chi connectivity index (χ4v) is 3.40. The Morgan fingerprint density at radius 2 is 1.92 bits per heavy atom. The minimum atomic E-state index is -1.81. The second-order valence-corrected chi connectivity index (χ2v) is 13.2. The number of ether oxygens (including phenoxy) is 2. The Labute approximate surface area is 158 Å². The van der Waals surface area contributed by atoms with Crippen LogP contribution in [0.3, 0.4) is 0 Å². The van der Waals surface area contributed by atoms with Gasteiger partial charge in [0.1, 0.15) is 6.10 Å². The molecule has 0 aliphatic carbocycles. The molecule has 0 unspecified atom stereocenters. The highest BCUT2D eigenvalue weighted by Gasteiger charge is 2.37. The molecule has 1 heterocycles. The smallest absolute Gasteiger partial charge is 0.192 e. The molecular formula is C21H32O4Si. The lowest BCUT2D eigenvalue weighted by Crippen LogP contribution is -2.40. The van der Waals surface area contributed by atoms with Gasteiger partial charge in [-0.25, -0.2) is 0 Å².